The molecule has 0 atom stereocenters. The summed E-state index contributed by atoms with van der Waals surface area (Å²) in [4.78, 5) is 0. The SMILES string of the molecule is CCCCO[SiH](CC)OCCCC. The van der Waals surface area contributed by atoms with Crippen LogP contribution in [0.15, 0.2) is 0 Å². The van der Waals surface area contributed by atoms with Crippen molar-refractivity contribution in [2.24, 2.45) is 0 Å². The molecule has 0 fully saturated rings. The van der Waals surface area contributed by atoms with E-state index in [1.54, 1.807) is 0 Å². The van der Waals surface area contributed by atoms with Crippen molar-refractivity contribution in [1.82, 2.24) is 0 Å². The molecule has 0 amide bonds. The summed E-state index contributed by atoms with van der Waals surface area (Å²) in [6.07, 6.45) is 4.75. The fourth-order valence-electron chi connectivity index (χ4n) is 1.00. The fourth-order valence-corrected chi connectivity index (χ4v) is 2.43. The van der Waals surface area contributed by atoms with E-state index in [9.17, 15) is 0 Å². The zero-order chi connectivity index (χ0) is 9.94. The minimum Gasteiger partial charge on any atom is -0.397 e. The van der Waals surface area contributed by atoms with Gasteiger partial charge in [-0.15, -0.1) is 0 Å². The lowest BCUT2D eigenvalue weighted by Crippen LogP contribution is -2.22. The molecular weight excluding hydrogens is 180 g/mol. The van der Waals surface area contributed by atoms with Gasteiger partial charge in [0, 0.05) is 13.2 Å². The topological polar surface area (TPSA) is 18.5 Å². The first-order chi connectivity index (χ1) is 6.35. The first kappa shape index (κ1) is 13.1. The van der Waals surface area contributed by atoms with E-state index in [0.29, 0.717) is 0 Å². The molecule has 3 heteroatoms. The molecule has 0 aromatic rings. The van der Waals surface area contributed by atoms with Gasteiger partial charge in [-0.05, 0) is 18.9 Å². The molecule has 0 unspecified atom stereocenters. The van der Waals surface area contributed by atoms with Crippen molar-refractivity contribution in [3.8, 4) is 0 Å². The van der Waals surface area contributed by atoms with Gasteiger partial charge in [-0.1, -0.05) is 33.6 Å². The molecule has 13 heavy (non-hydrogen) atoms. The van der Waals surface area contributed by atoms with E-state index in [0.717, 1.165) is 19.3 Å². The minimum atomic E-state index is -1.28. The van der Waals surface area contributed by atoms with Crippen LogP contribution in [0.25, 0.3) is 0 Å². The van der Waals surface area contributed by atoms with E-state index in [4.69, 9.17) is 8.85 Å². The predicted octanol–water partition coefficient (Wildman–Crippen LogP) is 2.86. The lowest BCUT2D eigenvalue weighted by molar-refractivity contribution is 0.192. The number of unbranched alkanes of at least 4 members (excludes halogenated alkanes) is 2. The summed E-state index contributed by atoms with van der Waals surface area (Å²) in [5.74, 6) is 0. The molecule has 0 heterocycles. The van der Waals surface area contributed by atoms with Gasteiger partial charge in [-0.3, -0.25) is 0 Å². The van der Waals surface area contributed by atoms with Gasteiger partial charge in [0.1, 0.15) is 0 Å². The van der Waals surface area contributed by atoms with E-state index in [1.165, 1.54) is 25.7 Å². The van der Waals surface area contributed by atoms with Crippen LogP contribution < -0.4 is 0 Å². The summed E-state index contributed by atoms with van der Waals surface area (Å²) in [6, 6.07) is 1.09. The van der Waals surface area contributed by atoms with Crippen molar-refractivity contribution in [3.05, 3.63) is 0 Å². The molecule has 0 saturated heterocycles. The first-order valence-electron chi connectivity index (χ1n) is 5.58. The van der Waals surface area contributed by atoms with Crippen molar-refractivity contribution in [2.75, 3.05) is 13.2 Å². The molecule has 0 aliphatic carbocycles. The third-order valence-corrected chi connectivity index (χ3v) is 3.82. The zero-order valence-corrected chi connectivity index (χ0v) is 10.5. The van der Waals surface area contributed by atoms with Gasteiger partial charge >= 0.3 is 9.28 Å². The number of rotatable bonds is 9. The van der Waals surface area contributed by atoms with Gasteiger partial charge in [0.25, 0.3) is 0 Å². The first-order valence-corrected chi connectivity index (χ1v) is 7.34. The molecule has 0 radical (unpaired) electrons. The second-order valence-electron chi connectivity index (χ2n) is 3.29. The average molecular weight is 204 g/mol. The van der Waals surface area contributed by atoms with Crippen LogP contribution in [0.5, 0.6) is 0 Å². The lowest BCUT2D eigenvalue weighted by Gasteiger charge is -2.14. The van der Waals surface area contributed by atoms with E-state index >= 15 is 0 Å². The van der Waals surface area contributed by atoms with Crippen LogP contribution >= 0.6 is 0 Å². The van der Waals surface area contributed by atoms with Gasteiger partial charge in [0.05, 0.1) is 0 Å². The highest BCUT2D eigenvalue weighted by atomic mass is 28.3. The van der Waals surface area contributed by atoms with E-state index in [2.05, 4.69) is 20.8 Å². The molecule has 0 rings (SSSR count). The number of hydrogen-bond donors (Lipinski definition) is 0. The summed E-state index contributed by atoms with van der Waals surface area (Å²) >= 11 is 0. The molecule has 0 aliphatic heterocycles. The highest BCUT2D eigenvalue weighted by molar-refractivity contribution is 6.44. The van der Waals surface area contributed by atoms with Crippen LogP contribution in [0.4, 0.5) is 0 Å². The Morgan fingerprint density at radius 1 is 0.846 bits per heavy atom. The molecular formula is C10H24O2Si. The maximum Gasteiger partial charge on any atom is 0.321 e. The lowest BCUT2D eigenvalue weighted by atomic mass is 10.4. The second kappa shape index (κ2) is 10.2. The van der Waals surface area contributed by atoms with Crippen molar-refractivity contribution in [2.45, 2.75) is 52.5 Å². The maximum atomic E-state index is 5.69. The normalized spacial score (nSPS) is 11.1. The Bertz CT molecular complexity index is 88.9. The Balaban J connectivity index is 3.28. The smallest absolute Gasteiger partial charge is 0.321 e. The molecule has 0 bridgehead atoms. The highest BCUT2D eigenvalue weighted by Gasteiger charge is 2.08. The van der Waals surface area contributed by atoms with Gasteiger partial charge in [0.2, 0.25) is 0 Å². The summed E-state index contributed by atoms with van der Waals surface area (Å²) in [7, 11) is -1.28. The van der Waals surface area contributed by atoms with Crippen molar-refractivity contribution in [3.63, 3.8) is 0 Å². The quantitative estimate of drug-likeness (QED) is 0.425. The third-order valence-electron chi connectivity index (χ3n) is 1.94. The van der Waals surface area contributed by atoms with Gasteiger partial charge < -0.3 is 8.85 Å². The average Bonchev–Trinajstić information content (AvgIpc) is 2.16. The van der Waals surface area contributed by atoms with Crippen LogP contribution in [-0.4, -0.2) is 22.5 Å². The van der Waals surface area contributed by atoms with Crippen LogP contribution in [0.2, 0.25) is 6.04 Å². The Labute approximate surface area is 84.5 Å². The van der Waals surface area contributed by atoms with E-state index in [-0.39, 0.29) is 0 Å². The van der Waals surface area contributed by atoms with Crippen LogP contribution in [-0.2, 0) is 8.85 Å². The molecule has 80 valence electrons. The molecule has 0 aromatic carbocycles. The fraction of sp³-hybridized carbons (Fsp3) is 1.00. The zero-order valence-electron chi connectivity index (χ0n) is 9.34. The number of hydrogen-bond acceptors (Lipinski definition) is 2. The molecule has 2 nitrogen and oxygen atoms in total. The Hall–Kier alpha value is 0.137. The Morgan fingerprint density at radius 2 is 1.31 bits per heavy atom. The van der Waals surface area contributed by atoms with Crippen LogP contribution in [0, 0.1) is 0 Å². The summed E-state index contributed by atoms with van der Waals surface area (Å²) < 4.78 is 11.4. The standard InChI is InChI=1S/C10H24O2Si/c1-4-7-9-11-13(6-3)12-10-8-5-2/h13H,4-10H2,1-3H3. The third kappa shape index (κ3) is 8.47. The molecule has 0 N–H and O–H groups in total. The van der Waals surface area contributed by atoms with Crippen molar-refractivity contribution < 1.29 is 8.85 Å². The van der Waals surface area contributed by atoms with Crippen molar-refractivity contribution in [1.29, 1.82) is 0 Å². The largest absolute Gasteiger partial charge is 0.397 e. The monoisotopic (exact) mass is 204 g/mol. The van der Waals surface area contributed by atoms with E-state index < -0.39 is 9.28 Å². The second-order valence-corrected chi connectivity index (χ2v) is 5.63. The highest BCUT2D eigenvalue weighted by Crippen LogP contribution is 2.00. The molecule has 0 aromatic heterocycles. The molecule has 0 aliphatic rings. The Kier molecular flexibility index (Phi) is 10.3. The van der Waals surface area contributed by atoms with Gasteiger partial charge in [-0.2, -0.15) is 0 Å². The minimum absolute atomic E-state index is 0.896. The predicted molar refractivity (Wildman–Crippen MR) is 59.4 cm³/mol. The Morgan fingerprint density at radius 3 is 1.62 bits per heavy atom. The van der Waals surface area contributed by atoms with Crippen LogP contribution in [0.1, 0.15) is 46.5 Å². The van der Waals surface area contributed by atoms with E-state index in [1.807, 2.05) is 0 Å². The van der Waals surface area contributed by atoms with Crippen LogP contribution in [0.3, 0.4) is 0 Å². The summed E-state index contributed by atoms with van der Waals surface area (Å²) in [6.45, 7) is 8.32. The maximum absolute atomic E-state index is 5.69. The summed E-state index contributed by atoms with van der Waals surface area (Å²) in [5, 5.41) is 0. The molecule has 0 saturated carbocycles. The van der Waals surface area contributed by atoms with Crippen molar-refractivity contribution >= 4 is 9.28 Å². The van der Waals surface area contributed by atoms with Gasteiger partial charge in [0.15, 0.2) is 0 Å². The molecule has 0 spiro atoms. The van der Waals surface area contributed by atoms with Gasteiger partial charge in [-0.25, -0.2) is 0 Å². The summed E-state index contributed by atoms with van der Waals surface area (Å²) in [5.41, 5.74) is 0.